The summed E-state index contributed by atoms with van der Waals surface area (Å²) in [7, 11) is 4.50. The van der Waals surface area contributed by atoms with Crippen molar-refractivity contribution in [2.24, 2.45) is 0 Å². The molecule has 0 aliphatic heterocycles. The van der Waals surface area contributed by atoms with E-state index >= 15 is 0 Å². The normalized spacial score (nSPS) is 10.7. The van der Waals surface area contributed by atoms with Gasteiger partial charge in [-0.05, 0) is 37.6 Å². The number of hydrogen-bond acceptors (Lipinski definition) is 6. The number of pyridine rings is 1. The first-order valence-electron chi connectivity index (χ1n) is 7.92. The lowest BCUT2D eigenvalue weighted by molar-refractivity contribution is 0.102. The van der Waals surface area contributed by atoms with Crippen LogP contribution in [0.3, 0.4) is 0 Å². The number of nitrogens with zero attached hydrogens (tertiary/aromatic N) is 2. The average molecular weight is 356 g/mol. The highest BCUT2D eigenvalue weighted by Gasteiger charge is 2.19. The van der Waals surface area contributed by atoms with Gasteiger partial charge in [-0.15, -0.1) is 0 Å². The molecule has 0 bridgehead atoms. The number of anilines is 1. The van der Waals surface area contributed by atoms with Gasteiger partial charge in [0.15, 0.2) is 23.0 Å². The Kier molecular flexibility index (Phi) is 4.66. The molecule has 0 fully saturated rings. The second-order valence-electron chi connectivity index (χ2n) is 5.74. The number of methoxy groups -OCH3 is 3. The van der Waals surface area contributed by atoms with Crippen molar-refractivity contribution in [2.45, 2.75) is 13.8 Å². The summed E-state index contributed by atoms with van der Waals surface area (Å²) in [6.45, 7) is 3.85. The number of hydrogen-bond donors (Lipinski definition) is 2. The molecule has 2 N–H and O–H groups in total. The molecule has 0 radical (unpaired) electrons. The number of carbonyl (C=O) groups is 1. The number of H-pyrrole nitrogens is 1. The SMILES string of the molecule is COc1cc(C(=O)Nc2n[nH]c3nc(C)cc(C)c23)cc(OC)c1OC. The van der Waals surface area contributed by atoms with Crippen molar-refractivity contribution in [3.8, 4) is 17.2 Å². The molecule has 136 valence electrons. The van der Waals surface area contributed by atoms with Crippen LogP contribution >= 0.6 is 0 Å². The second-order valence-corrected chi connectivity index (χ2v) is 5.74. The molecular weight excluding hydrogens is 336 g/mol. The number of aromatic amines is 1. The van der Waals surface area contributed by atoms with Gasteiger partial charge in [0.25, 0.3) is 5.91 Å². The summed E-state index contributed by atoms with van der Waals surface area (Å²) in [4.78, 5) is 17.1. The molecule has 2 aromatic heterocycles. The number of aromatic nitrogens is 3. The first-order chi connectivity index (χ1) is 12.5. The molecule has 3 rings (SSSR count). The van der Waals surface area contributed by atoms with Crippen LogP contribution in [-0.2, 0) is 0 Å². The molecular formula is C18H20N4O4. The molecule has 1 amide bonds. The summed E-state index contributed by atoms with van der Waals surface area (Å²) in [5, 5.41) is 10.6. The van der Waals surface area contributed by atoms with E-state index in [1.54, 1.807) is 12.1 Å². The van der Waals surface area contributed by atoms with Gasteiger partial charge in [0, 0.05) is 11.3 Å². The Balaban J connectivity index is 1.99. The van der Waals surface area contributed by atoms with E-state index in [0.29, 0.717) is 34.3 Å². The van der Waals surface area contributed by atoms with Crippen molar-refractivity contribution < 1.29 is 19.0 Å². The standard InChI is InChI=1S/C18H20N4O4/c1-9-6-10(2)19-16-14(9)17(22-21-16)20-18(23)11-7-12(24-3)15(26-5)13(8-11)25-4/h6-8H,1-5H3,(H2,19,20,21,22,23). The number of rotatable bonds is 5. The third kappa shape index (κ3) is 3.01. The summed E-state index contributed by atoms with van der Waals surface area (Å²) < 4.78 is 15.9. The Bertz CT molecular complexity index is 956. The van der Waals surface area contributed by atoms with Gasteiger partial charge < -0.3 is 19.5 Å². The zero-order valence-corrected chi connectivity index (χ0v) is 15.3. The Hall–Kier alpha value is -3.29. The summed E-state index contributed by atoms with van der Waals surface area (Å²) in [5.74, 6) is 1.29. The number of carbonyl (C=O) groups excluding carboxylic acids is 1. The highest BCUT2D eigenvalue weighted by molar-refractivity contribution is 6.08. The maximum absolute atomic E-state index is 12.7. The van der Waals surface area contributed by atoms with Gasteiger partial charge in [0.1, 0.15) is 0 Å². The van der Waals surface area contributed by atoms with E-state index in [-0.39, 0.29) is 5.91 Å². The second kappa shape index (κ2) is 6.91. The first kappa shape index (κ1) is 17.5. The fourth-order valence-corrected chi connectivity index (χ4v) is 2.86. The molecule has 26 heavy (non-hydrogen) atoms. The van der Waals surface area contributed by atoms with Gasteiger partial charge >= 0.3 is 0 Å². The summed E-state index contributed by atoms with van der Waals surface area (Å²) in [6, 6.07) is 5.11. The van der Waals surface area contributed by atoms with E-state index in [1.807, 2.05) is 19.9 Å². The van der Waals surface area contributed by atoms with E-state index in [9.17, 15) is 4.79 Å². The van der Waals surface area contributed by atoms with Crippen LogP contribution in [0.1, 0.15) is 21.6 Å². The lowest BCUT2D eigenvalue weighted by atomic mass is 10.1. The van der Waals surface area contributed by atoms with E-state index in [1.165, 1.54) is 21.3 Å². The van der Waals surface area contributed by atoms with Crippen molar-refractivity contribution >= 4 is 22.8 Å². The van der Waals surface area contributed by atoms with E-state index in [0.717, 1.165) is 16.6 Å². The van der Waals surface area contributed by atoms with Crippen LogP contribution in [0.4, 0.5) is 5.82 Å². The lowest BCUT2D eigenvalue weighted by Crippen LogP contribution is -2.13. The minimum Gasteiger partial charge on any atom is -0.493 e. The predicted octanol–water partition coefficient (Wildman–Crippen LogP) is 2.85. The number of ether oxygens (including phenoxy) is 3. The van der Waals surface area contributed by atoms with Crippen LogP contribution in [0.2, 0.25) is 0 Å². The fourth-order valence-electron chi connectivity index (χ4n) is 2.86. The molecule has 0 atom stereocenters. The molecule has 0 unspecified atom stereocenters. The smallest absolute Gasteiger partial charge is 0.257 e. The molecule has 3 aromatic rings. The Morgan fingerprint density at radius 3 is 2.27 bits per heavy atom. The van der Waals surface area contributed by atoms with Gasteiger partial charge in [0.05, 0.1) is 26.7 Å². The van der Waals surface area contributed by atoms with Gasteiger partial charge in [-0.1, -0.05) is 0 Å². The highest BCUT2D eigenvalue weighted by Crippen LogP contribution is 2.38. The zero-order chi connectivity index (χ0) is 18.8. The molecule has 0 aliphatic carbocycles. The molecule has 0 saturated heterocycles. The first-order valence-corrected chi connectivity index (χ1v) is 7.92. The van der Waals surface area contributed by atoms with Crippen LogP contribution in [0.15, 0.2) is 18.2 Å². The van der Waals surface area contributed by atoms with Gasteiger partial charge in [-0.3, -0.25) is 9.89 Å². The average Bonchev–Trinajstić information content (AvgIpc) is 3.02. The van der Waals surface area contributed by atoms with Crippen molar-refractivity contribution in [1.29, 1.82) is 0 Å². The summed E-state index contributed by atoms with van der Waals surface area (Å²) in [5.41, 5.74) is 2.83. The van der Waals surface area contributed by atoms with Crippen LogP contribution in [0.5, 0.6) is 17.2 Å². The number of fused-ring (bicyclic) bond motifs is 1. The van der Waals surface area contributed by atoms with Gasteiger partial charge in [0.2, 0.25) is 5.75 Å². The number of benzene rings is 1. The van der Waals surface area contributed by atoms with Gasteiger partial charge in [-0.2, -0.15) is 5.10 Å². The van der Waals surface area contributed by atoms with E-state index in [2.05, 4.69) is 20.5 Å². The molecule has 0 aliphatic rings. The quantitative estimate of drug-likeness (QED) is 0.729. The zero-order valence-electron chi connectivity index (χ0n) is 15.3. The van der Waals surface area contributed by atoms with E-state index < -0.39 is 0 Å². The van der Waals surface area contributed by atoms with Crippen LogP contribution in [-0.4, -0.2) is 42.4 Å². The number of aryl methyl sites for hydroxylation is 2. The molecule has 0 spiro atoms. The topological polar surface area (TPSA) is 98.4 Å². The van der Waals surface area contributed by atoms with Gasteiger partial charge in [-0.25, -0.2) is 4.98 Å². The third-order valence-corrected chi connectivity index (χ3v) is 4.01. The van der Waals surface area contributed by atoms with Crippen LogP contribution in [0, 0.1) is 13.8 Å². The third-order valence-electron chi connectivity index (χ3n) is 4.01. The summed E-state index contributed by atoms with van der Waals surface area (Å²) >= 11 is 0. The maximum Gasteiger partial charge on any atom is 0.257 e. The minimum absolute atomic E-state index is 0.349. The predicted molar refractivity (Wildman–Crippen MR) is 97.4 cm³/mol. The Morgan fingerprint density at radius 2 is 1.69 bits per heavy atom. The monoisotopic (exact) mass is 356 g/mol. The van der Waals surface area contributed by atoms with Crippen molar-refractivity contribution in [3.63, 3.8) is 0 Å². The van der Waals surface area contributed by atoms with Crippen molar-refractivity contribution in [1.82, 2.24) is 15.2 Å². The largest absolute Gasteiger partial charge is 0.493 e. The fraction of sp³-hybridized carbons (Fsp3) is 0.278. The number of amides is 1. The van der Waals surface area contributed by atoms with Crippen LogP contribution < -0.4 is 19.5 Å². The van der Waals surface area contributed by atoms with Crippen molar-refractivity contribution in [3.05, 3.63) is 35.0 Å². The highest BCUT2D eigenvalue weighted by atomic mass is 16.5. The molecule has 8 heteroatoms. The Labute approximate surface area is 150 Å². The Morgan fingerprint density at radius 1 is 1.04 bits per heavy atom. The minimum atomic E-state index is -0.349. The van der Waals surface area contributed by atoms with Crippen molar-refractivity contribution in [2.75, 3.05) is 26.6 Å². The molecule has 8 nitrogen and oxygen atoms in total. The van der Waals surface area contributed by atoms with Crippen LogP contribution in [0.25, 0.3) is 11.0 Å². The lowest BCUT2D eigenvalue weighted by Gasteiger charge is -2.13. The molecule has 1 aromatic carbocycles. The molecule has 2 heterocycles. The summed E-state index contributed by atoms with van der Waals surface area (Å²) in [6.07, 6.45) is 0. The number of nitrogens with one attached hydrogen (secondary N) is 2. The molecule has 0 saturated carbocycles. The van der Waals surface area contributed by atoms with E-state index in [4.69, 9.17) is 14.2 Å². The maximum atomic E-state index is 12.7.